The molecule has 0 aliphatic carbocycles. The van der Waals surface area contributed by atoms with Crippen molar-refractivity contribution in [3.05, 3.63) is 59.7 Å². The van der Waals surface area contributed by atoms with Gasteiger partial charge in [0.25, 0.3) is 0 Å². The van der Waals surface area contributed by atoms with E-state index in [4.69, 9.17) is 5.73 Å². The molecule has 0 aromatic heterocycles. The first-order valence-electron chi connectivity index (χ1n) is 9.68. The molecule has 0 atom stereocenters. The molecule has 3 rings (SSSR count). The molecular formula is C22H29N3O. The zero-order valence-corrected chi connectivity index (χ0v) is 15.4. The first-order valence-corrected chi connectivity index (χ1v) is 9.68. The molecule has 0 saturated carbocycles. The Morgan fingerprint density at radius 2 is 1.77 bits per heavy atom. The summed E-state index contributed by atoms with van der Waals surface area (Å²) in [4.78, 5) is 14.7. The van der Waals surface area contributed by atoms with Crippen molar-refractivity contribution in [2.45, 2.75) is 45.1 Å². The van der Waals surface area contributed by atoms with Gasteiger partial charge in [-0.2, -0.15) is 0 Å². The van der Waals surface area contributed by atoms with Gasteiger partial charge in [0, 0.05) is 30.9 Å². The Morgan fingerprint density at radius 3 is 2.65 bits per heavy atom. The van der Waals surface area contributed by atoms with Crippen LogP contribution in [0.4, 0.5) is 11.4 Å². The summed E-state index contributed by atoms with van der Waals surface area (Å²) in [5.41, 5.74) is 10.3. The number of nitrogens with zero attached hydrogens (tertiary/aromatic N) is 1. The largest absolute Gasteiger partial charge is 0.367 e. The van der Waals surface area contributed by atoms with E-state index < -0.39 is 0 Å². The summed E-state index contributed by atoms with van der Waals surface area (Å²) in [6.07, 6.45) is 5.81. The molecule has 1 aliphatic heterocycles. The lowest BCUT2D eigenvalue weighted by Crippen LogP contribution is -2.21. The summed E-state index contributed by atoms with van der Waals surface area (Å²) in [5, 5.41) is 3.11. The van der Waals surface area contributed by atoms with Crippen LogP contribution >= 0.6 is 0 Å². The van der Waals surface area contributed by atoms with Gasteiger partial charge in [0.05, 0.1) is 0 Å². The highest BCUT2D eigenvalue weighted by Crippen LogP contribution is 2.30. The van der Waals surface area contributed by atoms with Gasteiger partial charge in [0.1, 0.15) is 0 Å². The van der Waals surface area contributed by atoms with Crippen molar-refractivity contribution in [1.82, 2.24) is 0 Å². The lowest BCUT2D eigenvalue weighted by Gasteiger charge is -2.21. The molecule has 1 aliphatic rings. The van der Waals surface area contributed by atoms with Crippen molar-refractivity contribution in [3.8, 4) is 0 Å². The van der Waals surface area contributed by atoms with E-state index >= 15 is 0 Å². The molecule has 0 spiro atoms. The minimum Gasteiger partial charge on any atom is -0.367 e. The number of rotatable bonds is 9. The van der Waals surface area contributed by atoms with Crippen LogP contribution in [-0.4, -0.2) is 19.0 Å². The minimum absolute atomic E-state index is 0.104. The van der Waals surface area contributed by atoms with Crippen molar-refractivity contribution in [1.29, 1.82) is 0 Å². The van der Waals surface area contributed by atoms with Crippen molar-refractivity contribution in [3.63, 3.8) is 0 Å². The molecule has 138 valence electrons. The number of nitrogens with two attached hydrogens (primary N) is 1. The molecule has 0 radical (unpaired) electrons. The fourth-order valence-electron chi connectivity index (χ4n) is 3.55. The Labute approximate surface area is 156 Å². The Bertz CT molecular complexity index is 729. The second-order valence-electron chi connectivity index (χ2n) is 6.96. The first kappa shape index (κ1) is 18.5. The Morgan fingerprint density at radius 1 is 1.00 bits per heavy atom. The van der Waals surface area contributed by atoms with E-state index in [2.05, 4.69) is 40.5 Å². The summed E-state index contributed by atoms with van der Waals surface area (Å²) in [5.74, 6) is 0.104. The number of unbranched alkanes of at least 4 members (excludes halogenated alkanes) is 3. The van der Waals surface area contributed by atoms with Gasteiger partial charge >= 0.3 is 0 Å². The number of hydrogen-bond donors (Lipinski definition) is 2. The molecule has 1 heterocycles. The lowest BCUT2D eigenvalue weighted by molar-refractivity contribution is -0.116. The number of amides is 1. The van der Waals surface area contributed by atoms with Crippen LogP contribution in [0.15, 0.2) is 48.5 Å². The van der Waals surface area contributed by atoms with E-state index in [1.165, 1.54) is 16.8 Å². The molecule has 0 saturated heterocycles. The SMILES string of the molecule is NCCCCCCC(=O)Nc1ccccc1CN1CCc2ccccc21. The number of carbonyl (C=O) groups is 1. The predicted molar refractivity (Wildman–Crippen MR) is 108 cm³/mol. The Balaban J connectivity index is 1.58. The highest BCUT2D eigenvalue weighted by molar-refractivity contribution is 5.91. The van der Waals surface area contributed by atoms with E-state index in [9.17, 15) is 4.79 Å². The number of carbonyl (C=O) groups excluding carboxylic acids is 1. The third-order valence-corrected chi connectivity index (χ3v) is 4.99. The summed E-state index contributed by atoms with van der Waals surface area (Å²) in [6.45, 7) is 2.59. The molecule has 4 nitrogen and oxygen atoms in total. The quantitative estimate of drug-likeness (QED) is 0.669. The van der Waals surface area contributed by atoms with Gasteiger partial charge in [-0.05, 0) is 49.1 Å². The van der Waals surface area contributed by atoms with Gasteiger partial charge in [-0.1, -0.05) is 49.2 Å². The predicted octanol–water partition coefficient (Wildman–Crippen LogP) is 4.10. The second kappa shape index (κ2) is 9.39. The van der Waals surface area contributed by atoms with E-state index in [1.54, 1.807) is 0 Å². The number of anilines is 2. The fraction of sp³-hybridized carbons (Fsp3) is 0.409. The third kappa shape index (κ3) is 4.85. The van der Waals surface area contributed by atoms with Crippen LogP contribution in [-0.2, 0) is 17.8 Å². The van der Waals surface area contributed by atoms with Gasteiger partial charge in [0.2, 0.25) is 5.91 Å². The molecule has 0 bridgehead atoms. The molecule has 0 fully saturated rings. The molecule has 4 heteroatoms. The number of fused-ring (bicyclic) bond motifs is 1. The average molecular weight is 351 g/mol. The zero-order valence-electron chi connectivity index (χ0n) is 15.4. The maximum absolute atomic E-state index is 12.3. The first-order chi connectivity index (χ1) is 12.8. The van der Waals surface area contributed by atoms with Crippen molar-refractivity contribution < 1.29 is 4.79 Å². The van der Waals surface area contributed by atoms with Gasteiger partial charge < -0.3 is 16.0 Å². The van der Waals surface area contributed by atoms with Crippen LogP contribution in [0.25, 0.3) is 0 Å². The average Bonchev–Trinajstić information content (AvgIpc) is 3.06. The summed E-state index contributed by atoms with van der Waals surface area (Å²) < 4.78 is 0. The van der Waals surface area contributed by atoms with Gasteiger partial charge in [-0.15, -0.1) is 0 Å². The highest BCUT2D eigenvalue weighted by atomic mass is 16.1. The normalized spacial score (nSPS) is 12.9. The van der Waals surface area contributed by atoms with Gasteiger partial charge in [-0.25, -0.2) is 0 Å². The third-order valence-electron chi connectivity index (χ3n) is 4.99. The van der Waals surface area contributed by atoms with Crippen LogP contribution in [0.2, 0.25) is 0 Å². The van der Waals surface area contributed by atoms with Crippen molar-refractivity contribution >= 4 is 17.3 Å². The van der Waals surface area contributed by atoms with Crippen LogP contribution < -0.4 is 16.0 Å². The zero-order chi connectivity index (χ0) is 18.2. The monoisotopic (exact) mass is 351 g/mol. The summed E-state index contributed by atoms with van der Waals surface area (Å²) in [6, 6.07) is 16.7. The fourth-order valence-corrected chi connectivity index (χ4v) is 3.55. The molecule has 2 aromatic rings. The minimum atomic E-state index is 0.104. The highest BCUT2D eigenvalue weighted by Gasteiger charge is 2.19. The van der Waals surface area contributed by atoms with Crippen molar-refractivity contribution in [2.24, 2.45) is 5.73 Å². The number of benzene rings is 2. The van der Waals surface area contributed by atoms with E-state index in [0.29, 0.717) is 6.42 Å². The lowest BCUT2D eigenvalue weighted by atomic mass is 10.1. The number of nitrogens with one attached hydrogen (secondary N) is 1. The topological polar surface area (TPSA) is 58.4 Å². The number of hydrogen-bond acceptors (Lipinski definition) is 3. The van der Waals surface area contributed by atoms with Crippen LogP contribution in [0, 0.1) is 0 Å². The Hall–Kier alpha value is -2.33. The summed E-state index contributed by atoms with van der Waals surface area (Å²) in [7, 11) is 0. The Kier molecular flexibility index (Phi) is 6.67. The molecule has 3 N–H and O–H groups in total. The molecular weight excluding hydrogens is 322 g/mol. The molecule has 2 aromatic carbocycles. The molecule has 1 amide bonds. The number of para-hydroxylation sites is 2. The van der Waals surface area contributed by atoms with Crippen LogP contribution in [0.3, 0.4) is 0 Å². The van der Waals surface area contributed by atoms with E-state index in [0.717, 1.165) is 57.4 Å². The maximum atomic E-state index is 12.3. The van der Waals surface area contributed by atoms with Crippen LogP contribution in [0.1, 0.15) is 43.2 Å². The standard InChI is InChI=1S/C22H29N3O/c23-15-8-2-1-3-13-22(26)24-20-11-6-4-10-19(20)17-25-16-14-18-9-5-7-12-21(18)25/h4-7,9-12H,1-3,8,13-17,23H2,(H,24,26). The molecule has 26 heavy (non-hydrogen) atoms. The summed E-state index contributed by atoms with van der Waals surface area (Å²) >= 11 is 0. The van der Waals surface area contributed by atoms with Crippen molar-refractivity contribution in [2.75, 3.05) is 23.3 Å². The smallest absolute Gasteiger partial charge is 0.224 e. The van der Waals surface area contributed by atoms with E-state index in [-0.39, 0.29) is 5.91 Å². The van der Waals surface area contributed by atoms with E-state index in [1.807, 2.05) is 18.2 Å². The van der Waals surface area contributed by atoms with Gasteiger partial charge in [-0.3, -0.25) is 4.79 Å². The molecule has 0 unspecified atom stereocenters. The van der Waals surface area contributed by atoms with Gasteiger partial charge in [0.15, 0.2) is 0 Å². The van der Waals surface area contributed by atoms with Crippen LogP contribution in [0.5, 0.6) is 0 Å². The maximum Gasteiger partial charge on any atom is 0.224 e. The second-order valence-corrected chi connectivity index (χ2v) is 6.96.